The van der Waals surface area contributed by atoms with Crippen LogP contribution in [-0.4, -0.2) is 54.7 Å². The molecule has 3 rings (SSSR count). The summed E-state index contributed by atoms with van der Waals surface area (Å²) in [5.74, 6) is -1.42. The Kier molecular flexibility index (Phi) is 9.70. The molecule has 0 saturated carbocycles. The van der Waals surface area contributed by atoms with E-state index in [1.807, 2.05) is 24.3 Å². The van der Waals surface area contributed by atoms with Crippen molar-refractivity contribution >= 4 is 18.0 Å². The number of benzene rings is 2. The van der Waals surface area contributed by atoms with Gasteiger partial charge in [0.05, 0.1) is 5.92 Å². The summed E-state index contributed by atoms with van der Waals surface area (Å²) in [7, 11) is 1.65. The second kappa shape index (κ2) is 12.9. The molecule has 0 aromatic heterocycles. The van der Waals surface area contributed by atoms with Gasteiger partial charge in [-0.05, 0) is 35.1 Å². The highest BCUT2D eigenvalue weighted by atomic mass is 16.5. The van der Waals surface area contributed by atoms with Gasteiger partial charge >= 0.3 is 12.1 Å². The number of nitrogens with zero attached hydrogens (tertiary/aromatic N) is 1. The second-order valence-corrected chi connectivity index (χ2v) is 9.28. The van der Waals surface area contributed by atoms with Crippen molar-refractivity contribution in [3.63, 3.8) is 0 Å². The molecule has 1 atom stereocenters. The van der Waals surface area contributed by atoms with Gasteiger partial charge in [0.25, 0.3) is 0 Å². The number of carboxylic acid groups (broad SMARTS) is 1. The number of hydrogen-bond acceptors (Lipinski definition) is 4. The Hall–Kier alpha value is -3.35. The SMILES string of the molecule is CC(CN(C)C(=O)CCCCCCCNC(=O)OCC1c2ccccc2-c2ccccc21)C(=O)O. The Bertz CT molecular complexity index is 976. The lowest BCUT2D eigenvalue weighted by Gasteiger charge is -2.19. The van der Waals surface area contributed by atoms with E-state index in [9.17, 15) is 14.4 Å². The van der Waals surface area contributed by atoms with Gasteiger partial charge in [0.1, 0.15) is 6.61 Å². The summed E-state index contributed by atoms with van der Waals surface area (Å²) in [6.45, 7) is 2.71. The first-order chi connectivity index (χ1) is 16.9. The van der Waals surface area contributed by atoms with Gasteiger partial charge in [-0.1, -0.05) is 74.7 Å². The molecule has 7 nitrogen and oxygen atoms in total. The van der Waals surface area contributed by atoms with Crippen molar-refractivity contribution in [1.29, 1.82) is 0 Å². The zero-order chi connectivity index (χ0) is 25.2. The van der Waals surface area contributed by atoms with Crippen LogP contribution in [0.1, 0.15) is 62.5 Å². The molecule has 0 heterocycles. The average Bonchev–Trinajstić information content (AvgIpc) is 3.17. The fraction of sp³-hybridized carbons (Fsp3) is 0.464. The van der Waals surface area contributed by atoms with Crippen molar-refractivity contribution in [2.24, 2.45) is 5.92 Å². The Morgan fingerprint density at radius 2 is 1.51 bits per heavy atom. The molecule has 0 bridgehead atoms. The molecular formula is C28H36N2O5. The van der Waals surface area contributed by atoms with Gasteiger partial charge in [-0.3, -0.25) is 9.59 Å². The smallest absolute Gasteiger partial charge is 0.407 e. The lowest BCUT2D eigenvalue weighted by Crippen LogP contribution is -2.33. The van der Waals surface area contributed by atoms with Crippen LogP contribution in [0.3, 0.4) is 0 Å². The predicted octanol–water partition coefficient (Wildman–Crippen LogP) is 5.04. The summed E-state index contributed by atoms with van der Waals surface area (Å²) in [5.41, 5.74) is 4.81. The summed E-state index contributed by atoms with van der Waals surface area (Å²) < 4.78 is 5.55. The van der Waals surface area contributed by atoms with E-state index in [0.717, 1.165) is 32.1 Å². The van der Waals surface area contributed by atoms with E-state index in [1.54, 1.807) is 14.0 Å². The van der Waals surface area contributed by atoms with Gasteiger partial charge in [-0.25, -0.2) is 4.79 Å². The summed E-state index contributed by atoms with van der Waals surface area (Å²) in [5, 5.41) is 11.8. The number of ether oxygens (including phenoxy) is 1. The average molecular weight is 481 g/mol. The van der Waals surface area contributed by atoms with Crippen LogP contribution in [0.15, 0.2) is 48.5 Å². The van der Waals surface area contributed by atoms with Crippen LogP contribution in [0, 0.1) is 5.92 Å². The lowest BCUT2D eigenvalue weighted by molar-refractivity contribution is -0.142. The highest BCUT2D eigenvalue weighted by molar-refractivity contribution is 5.79. The maximum atomic E-state index is 12.2. The van der Waals surface area contributed by atoms with Crippen molar-refractivity contribution in [3.05, 3.63) is 59.7 Å². The Morgan fingerprint density at radius 1 is 0.943 bits per heavy atom. The topological polar surface area (TPSA) is 95.9 Å². The fourth-order valence-electron chi connectivity index (χ4n) is 4.55. The minimum Gasteiger partial charge on any atom is -0.481 e. The summed E-state index contributed by atoms with van der Waals surface area (Å²) in [6.07, 6.45) is 4.55. The molecule has 0 fully saturated rings. The zero-order valence-electron chi connectivity index (χ0n) is 20.7. The van der Waals surface area contributed by atoms with Gasteiger partial charge in [-0.2, -0.15) is 0 Å². The summed E-state index contributed by atoms with van der Waals surface area (Å²) in [4.78, 5) is 36.7. The van der Waals surface area contributed by atoms with Gasteiger partial charge in [0.15, 0.2) is 0 Å². The molecular weight excluding hydrogens is 444 g/mol. The number of nitrogens with one attached hydrogen (secondary N) is 1. The predicted molar refractivity (Wildman–Crippen MR) is 135 cm³/mol. The Balaban J connectivity index is 1.26. The lowest BCUT2D eigenvalue weighted by atomic mass is 9.98. The molecule has 35 heavy (non-hydrogen) atoms. The van der Waals surface area contributed by atoms with Gasteiger partial charge in [-0.15, -0.1) is 0 Å². The summed E-state index contributed by atoms with van der Waals surface area (Å²) >= 11 is 0. The van der Waals surface area contributed by atoms with Gasteiger partial charge in [0, 0.05) is 32.5 Å². The van der Waals surface area contributed by atoms with Gasteiger partial charge in [0.2, 0.25) is 5.91 Å². The number of rotatable bonds is 13. The zero-order valence-corrected chi connectivity index (χ0v) is 20.7. The molecule has 2 aromatic rings. The molecule has 0 spiro atoms. The van der Waals surface area contributed by atoms with Crippen LogP contribution < -0.4 is 5.32 Å². The van der Waals surface area contributed by atoms with Crippen molar-refractivity contribution < 1.29 is 24.2 Å². The maximum Gasteiger partial charge on any atom is 0.407 e. The minimum atomic E-state index is -0.892. The molecule has 2 N–H and O–H groups in total. The number of alkyl carbamates (subject to hydrolysis) is 1. The van der Waals surface area contributed by atoms with E-state index in [2.05, 4.69) is 29.6 Å². The molecule has 0 aliphatic heterocycles. The number of carbonyl (C=O) groups is 3. The van der Waals surface area contributed by atoms with E-state index in [-0.39, 0.29) is 18.4 Å². The third-order valence-electron chi connectivity index (χ3n) is 6.58. The minimum absolute atomic E-state index is 0.0185. The summed E-state index contributed by atoms with van der Waals surface area (Å²) in [6, 6.07) is 16.5. The Labute approximate surface area is 207 Å². The third kappa shape index (κ3) is 7.31. The van der Waals surface area contributed by atoms with Crippen LogP contribution in [-0.2, 0) is 14.3 Å². The largest absolute Gasteiger partial charge is 0.481 e. The standard InChI is InChI=1S/C28H36N2O5/c1-20(27(32)33)18-30(2)26(31)16-6-4-3-5-11-17-29-28(34)35-19-25-23-14-9-7-12-21(23)22-13-8-10-15-24(22)25/h7-10,12-15,20,25H,3-6,11,16-19H2,1-2H3,(H,29,34)(H,32,33). The van der Waals surface area contributed by atoms with E-state index < -0.39 is 18.0 Å². The van der Waals surface area contributed by atoms with Crippen LogP contribution >= 0.6 is 0 Å². The van der Waals surface area contributed by atoms with Crippen LogP contribution in [0.25, 0.3) is 11.1 Å². The highest BCUT2D eigenvalue weighted by Gasteiger charge is 2.28. The molecule has 1 aliphatic rings. The fourth-order valence-corrected chi connectivity index (χ4v) is 4.55. The quantitative estimate of drug-likeness (QED) is 0.391. The third-order valence-corrected chi connectivity index (χ3v) is 6.58. The number of hydrogen-bond donors (Lipinski definition) is 2. The van der Waals surface area contributed by atoms with E-state index in [1.165, 1.54) is 27.2 Å². The molecule has 0 radical (unpaired) electrons. The van der Waals surface area contributed by atoms with E-state index in [0.29, 0.717) is 19.6 Å². The number of amides is 2. The first-order valence-corrected chi connectivity index (χ1v) is 12.4. The number of unbranched alkanes of at least 4 members (excludes halogenated alkanes) is 4. The molecule has 7 heteroatoms. The van der Waals surface area contributed by atoms with Crippen LogP contribution in [0.4, 0.5) is 4.79 Å². The van der Waals surface area contributed by atoms with Crippen molar-refractivity contribution in [1.82, 2.24) is 10.2 Å². The number of carbonyl (C=O) groups excluding carboxylic acids is 2. The van der Waals surface area contributed by atoms with Crippen LogP contribution in [0.2, 0.25) is 0 Å². The van der Waals surface area contributed by atoms with Gasteiger partial charge < -0.3 is 20.1 Å². The Morgan fingerprint density at radius 3 is 2.14 bits per heavy atom. The van der Waals surface area contributed by atoms with Crippen molar-refractivity contribution in [2.75, 3.05) is 26.7 Å². The molecule has 188 valence electrons. The molecule has 0 saturated heterocycles. The number of carboxylic acids is 1. The van der Waals surface area contributed by atoms with Crippen molar-refractivity contribution in [2.45, 2.75) is 51.4 Å². The first kappa shape index (κ1) is 26.3. The molecule has 2 amide bonds. The van der Waals surface area contributed by atoms with Crippen molar-refractivity contribution in [3.8, 4) is 11.1 Å². The van der Waals surface area contributed by atoms with E-state index >= 15 is 0 Å². The number of fused-ring (bicyclic) bond motifs is 3. The monoisotopic (exact) mass is 480 g/mol. The van der Waals surface area contributed by atoms with Crippen LogP contribution in [0.5, 0.6) is 0 Å². The second-order valence-electron chi connectivity index (χ2n) is 9.28. The first-order valence-electron chi connectivity index (χ1n) is 12.4. The maximum absolute atomic E-state index is 12.2. The number of aliphatic carboxylic acids is 1. The highest BCUT2D eigenvalue weighted by Crippen LogP contribution is 2.44. The van der Waals surface area contributed by atoms with E-state index in [4.69, 9.17) is 9.84 Å². The normalized spacial score (nSPS) is 13.0. The molecule has 1 aliphatic carbocycles. The molecule has 1 unspecified atom stereocenters. The molecule has 2 aromatic carbocycles.